The summed E-state index contributed by atoms with van der Waals surface area (Å²) in [6.45, 7) is 7.23. The number of ether oxygens (including phenoxy) is 2. The number of piperidine rings is 1. The smallest absolute Gasteiger partial charge is 0.412 e. The molecule has 3 N–H and O–H groups in total. The summed E-state index contributed by atoms with van der Waals surface area (Å²) in [4.78, 5) is 11.8. The molecule has 0 atom stereocenters. The van der Waals surface area contributed by atoms with E-state index in [0.717, 1.165) is 37.9 Å². The molecular weight excluding hydrogens is 308 g/mol. The Morgan fingerprint density at radius 1 is 1.33 bits per heavy atom. The van der Waals surface area contributed by atoms with Gasteiger partial charge in [0.25, 0.3) is 0 Å². The van der Waals surface area contributed by atoms with Crippen molar-refractivity contribution in [1.29, 1.82) is 0 Å². The number of nitrogens with one attached hydrogen (secondary N) is 2. The molecule has 1 aromatic carbocycles. The van der Waals surface area contributed by atoms with Crippen LogP contribution in [-0.4, -0.2) is 42.6 Å². The lowest BCUT2D eigenvalue weighted by Gasteiger charge is -2.36. The summed E-state index contributed by atoms with van der Waals surface area (Å²) < 4.78 is 11.0. The Kier molecular flexibility index (Phi) is 5.72. The molecule has 24 heavy (non-hydrogen) atoms. The topological polar surface area (TPSA) is 79.8 Å². The number of methoxy groups -OCH3 is 1. The Morgan fingerprint density at radius 3 is 2.54 bits per heavy atom. The molecule has 1 amide bonds. The number of hydrogen-bond donors (Lipinski definition) is 3. The highest BCUT2D eigenvalue weighted by Gasteiger charge is 2.32. The van der Waals surface area contributed by atoms with Crippen LogP contribution in [0.1, 0.15) is 39.2 Å². The first-order chi connectivity index (χ1) is 11.2. The molecule has 6 heteroatoms. The van der Waals surface area contributed by atoms with Gasteiger partial charge in [-0.3, -0.25) is 5.32 Å². The fourth-order valence-electron chi connectivity index (χ4n) is 2.91. The molecule has 1 aliphatic heterocycles. The van der Waals surface area contributed by atoms with Crippen molar-refractivity contribution in [3.63, 3.8) is 0 Å². The Bertz CT molecular complexity index is 575. The summed E-state index contributed by atoms with van der Waals surface area (Å²) in [6, 6.07) is 5.27. The maximum Gasteiger partial charge on any atom is 0.412 e. The van der Waals surface area contributed by atoms with Gasteiger partial charge in [0.1, 0.15) is 11.4 Å². The van der Waals surface area contributed by atoms with E-state index in [1.807, 2.05) is 6.07 Å². The molecule has 1 aromatic rings. The molecule has 1 aliphatic rings. The van der Waals surface area contributed by atoms with E-state index in [1.54, 1.807) is 40.0 Å². The largest absolute Gasteiger partial charge is 0.506 e. The molecule has 0 unspecified atom stereocenters. The maximum absolute atomic E-state index is 11.8. The summed E-state index contributed by atoms with van der Waals surface area (Å²) >= 11 is 0. The van der Waals surface area contributed by atoms with Crippen LogP contribution >= 0.6 is 0 Å². The third-order valence-electron chi connectivity index (χ3n) is 4.17. The fourth-order valence-corrected chi connectivity index (χ4v) is 2.91. The number of rotatable bonds is 4. The third kappa shape index (κ3) is 5.11. The second kappa shape index (κ2) is 7.40. The van der Waals surface area contributed by atoms with Crippen molar-refractivity contribution in [3.8, 4) is 5.75 Å². The SMILES string of the molecule is COC1(Cc2ccc(NC(=O)OC(C)(C)C)c(O)c2)CCNCC1. The van der Waals surface area contributed by atoms with Gasteiger partial charge in [-0.1, -0.05) is 6.07 Å². The third-order valence-corrected chi connectivity index (χ3v) is 4.17. The van der Waals surface area contributed by atoms with Crippen LogP contribution in [0.15, 0.2) is 18.2 Å². The molecular formula is C18H28N2O4. The fraction of sp³-hybridized carbons (Fsp3) is 0.611. The van der Waals surface area contributed by atoms with Gasteiger partial charge in [0.2, 0.25) is 0 Å². The van der Waals surface area contributed by atoms with E-state index in [0.29, 0.717) is 5.69 Å². The molecule has 2 rings (SSSR count). The van der Waals surface area contributed by atoms with Crippen LogP contribution in [-0.2, 0) is 15.9 Å². The number of phenols is 1. The van der Waals surface area contributed by atoms with Crippen molar-refractivity contribution in [3.05, 3.63) is 23.8 Å². The van der Waals surface area contributed by atoms with E-state index in [1.165, 1.54) is 0 Å². The van der Waals surface area contributed by atoms with Crippen LogP contribution in [0.2, 0.25) is 0 Å². The molecule has 0 bridgehead atoms. The van der Waals surface area contributed by atoms with Gasteiger partial charge in [-0.25, -0.2) is 4.79 Å². The van der Waals surface area contributed by atoms with Crippen molar-refractivity contribution < 1.29 is 19.4 Å². The van der Waals surface area contributed by atoms with E-state index >= 15 is 0 Å². The minimum Gasteiger partial charge on any atom is -0.506 e. The van der Waals surface area contributed by atoms with E-state index in [2.05, 4.69) is 10.6 Å². The van der Waals surface area contributed by atoms with Gasteiger partial charge >= 0.3 is 6.09 Å². The highest BCUT2D eigenvalue weighted by atomic mass is 16.6. The average Bonchev–Trinajstić information content (AvgIpc) is 2.49. The standard InChI is InChI=1S/C18H28N2O4/c1-17(2,3)24-16(22)20-14-6-5-13(11-15(14)21)12-18(23-4)7-9-19-10-8-18/h5-6,11,19,21H,7-10,12H2,1-4H3,(H,20,22). The number of anilines is 1. The van der Waals surface area contributed by atoms with Crippen LogP contribution in [0.4, 0.5) is 10.5 Å². The van der Waals surface area contributed by atoms with E-state index in [9.17, 15) is 9.90 Å². The first-order valence-electron chi connectivity index (χ1n) is 8.31. The van der Waals surface area contributed by atoms with Gasteiger partial charge < -0.3 is 19.9 Å². The van der Waals surface area contributed by atoms with Crippen molar-refractivity contribution in [2.75, 3.05) is 25.5 Å². The highest BCUT2D eigenvalue weighted by molar-refractivity contribution is 5.86. The zero-order valence-corrected chi connectivity index (χ0v) is 14.9. The second-order valence-electron chi connectivity index (χ2n) is 7.29. The summed E-state index contributed by atoms with van der Waals surface area (Å²) in [5, 5.41) is 16.1. The first kappa shape index (κ1) is 18.5. The Balaban J connectivity index is 2.05. The number of phenolic OH excluding ortho intramolecular Hbond substituents is 1. The minimum absolute atomic E-state index is 0.0264. The molecule has 134 valence electrons. The van der Waals surface area contributed by atoms with Gasteiger partial charge in [0.15, 0.2) is 0 Å². The molecule has 0 saturated carbocycles. The summed E-state index contributed by atoms with van der Waals surface area (Å²) in [7, 11) is 1.74. The minimum atomic E-state index is -0.586. The molecule has 0 aliphatic carbocycles. The molecule has 6 nitrogen and oxygen atoms in total. The Hall–Kier alpha value is -1.79. The lowest BCUT2D eigenvalue weighted by atomic mass is 9.85. The lowest BCUT2D eigenvalue weighted by molar-refractivity contribution is -0.0333. The molecule has 0 radical (unpaired) electrons. The van der Waals surface area contributed by atoms with Crippen LogP contribution in [0.5, 0.6) is 5.75 Å². The number of carbonyl (C=O) groups is 1. The normalized spacial score (nSPS) is 17.3. The van der Waals surface area contributed by atoms with Crippen molar-refractivity contribution in [2.45, 2.75) is 51.2 Å². The number of hydrogen-bond acceptors (Lipinski definition) is 5. The predicted octanol–water partition coefficient (Wildman–Crippen LogP) is 3.05. The average molecular weight is 336 g/mol. The van der Waals surface area contributed by atoms with Gasteiger partial charge in [-0.15, -0.1) is 0 Å². The van der Waals surface area contributed by atoms with Gasteiger partial charge in [-0.2, -0.15) is 0 Å². The molecule has 1 heterocycles. The second-order valence-corrected chi connectivity index (χ2v) is 7.29. The predicted molar refractivity (Wildman–Crippen MR) is 93.5 cm³/mol. The quantitative estimate of drug-likeness (QED) is 0.737. The van der Waals surface area contributed by atoms with Crippen LogP contribution in [0.25, 0.3) is 0 Å². The van der Waals surface area contributed by atoms with E-state index < -0.39 is 11.7 Å². The zero-order chi connectivity index (χ0) is 17.8. The van der Waals surface area contributed by atoms with Crippen LogP contribution < -0.4 is 10.6 Å². The Labute approximate surface area is 143 Å². The molecule has 1 fully saturated rings. The monoisotopic (exact) mass is 336 g/mol. The van der Waals surface area contributed by atoms with Crippen molar-refractivity contribution in [2.24, 2.45) is 0 Å². The van der Waals surface area contributed by atoms with Crippen LogP contribution in [0.3, 0.4) is 0 Å². The summed E-state index contributed by atoms with van der Waals surface area (Å²) in [5.41, 5.74) is 0.535. The lowest BCUT2D eigenvalue weighted by Crippen LogP contribution is -2.44. The van der Waals surface area contributed by atoms with Crippen molar-refractivity contribution >= 4 is 11.8 Å². The van der Waals surface area contributed by atoms with Gasteiger partial charge in [0, 0.05) is 13.5 Å². The van der Waals surface area contributed by atoms with Gasteiger partial charge in [0.05, 0.1) is 11.3 Å². The first-order valence-corrected chi connectivity index (χ1v) is 8.31. The molecule has 0 aromatic heterocycles. The number of benzene rings is 1. The molecule has 0 spiro atoms. The van der Waals surface area contributed by atoms with E-state index in [-0.39, 0.29) is 11.4 Å². The number of amides is 1. The van der Waals surface area contributed by atoms with Gasteiger partial charge in [-0.05, 0) is 64.4 Å². The maximum atomic E-state index is 11.8. The summed E-state index contributed by atoms with van der Waals surface area (Å²) in [6.07, 6.45) is 2.01. The van der Waals surface area contributed by atoms with Crippen LogP contribution in [0, 0.1) is 0 Å². The van der Waals surface area contributed by atoms with E-state index in [4.69, 9.17) is 9.47 Å². The summed E-state index contributed by atoms with van der Waals surface area (Å²) in [5.74, 6) is 0.0264. The zero-order valence-electron chi connectivity index (χ0n) is 14.9. The number of aromatic hydroxyl groups is 1. The Morgan fingerprint density at radius 2 is 2.00 bits per heavy atom. The van der Waals surface area contributed by atoms with Crippen molar-refractivity contribution in [1.82, 2.24) is 5.32 Å². The molecule has 1 saturated heterocycles. The number of carbonyl (C=O) groups excluding carboxylic acids is 1. The highest BCUT2D eigenvalue weighted by Crippen LogP contribution is 2.31.